The second kappa shape index (κ2) is 9.93. The highest BCUT2D eigenvalue weighted by molar-refractivity contribution is 9.10. The van der Waals surface area contributed by atoms with Crippen LogP contribution in [0.15, 0.2) is 70.4 Å². The molecular formula is C29H26BBrN6O4S. The first-order chi connectivity index (χ1) is 20.1. The van der Waals surface area contributed by atoms with Crippen molar-refractivity contribution in [1.82, 2.24) is 24.1 Å². The van der Waals surface area contributed by atoms with Gasteiger partial charge in [-0.3, -0.25) is 14.4 Å². The minimum atomic E-state index is -2.94. The summed E-state index contributed by atoms with van der Waals surface area (Å²) in [6.07, 6.45) is 4.77. The molecule has 42 heavy (non-hydrogen) atoms. The van der Waals surface area contributed by atoms with Gasteiger partial charge in [0.15, 0.2) is 24.2 Å². The molecule has 2 radical (unpaired) electrons. The molecule has 5 aromatic rings. The van der Waals surface area contributed by atoms with E-state index in [1.807, 2.05) is 43.4 Å². The monoisotopic (exact) mass is 644 g/mol. The highest BCUT2D eigenvalue weighted by Gasteiger charge is 2.56. The fraction of sp³-hybridized carbons (Fsp3) is 0.276. The first kappa shape index (κ1) is 27.6. The predicted molar refractivity (Wildman–Crippen MR) is 164 cm³/mol. The van der Waals surface area contributed by atoms with E-state index in [-0.39, 0.29) is 5.69 Å². The van der Waals surface area contributed by atoms with Crippen LogP contribution in [-0.2, 0) is 28.6 Å². The van der Waals surface area contributed by atoms with Gasteiger partial charge in [0.25, 0.3) is 0 Å². The smallest absolute Gasteiger partial charge is 0.241 e. The molecule has 1 fully saturated rings. The minimum absolute atomic E-state index is 0.223. The number of aryl methyl sites for hydroxylation is 1. The van der Waals surface area contributed by atoms with Gasteiger partial charge in [-0.25, -0.2) is 4.98 Å². The quantitative estimate of drug-likeness (QED) is 0.156. The molecule has 10 nitrogen and oxygen atoms in total. The van der Waals surface area contributed by atoms with Gasteiger partial charge < -0.3 is 20.1 Å². The molecule has 1 saturated heterocycles. The van der Waals surface area contributed by atoms with Gasteiger partial charge in [0.1, 0.15) is 16.0 Å². The lowest BCUT2D eigenvalue weighted by atomic mass is 9.74. The second-order valence-corrected chi connectivity index (χ2v) is 12.9. The Labute approximate surface area is 254 Å². The maximum Gasteiger partial charge on any atom is 0.241 e. The molecule has 1 amide bonds. The number of pyridine rings is 1. The van der Waals surface area contributed by atoms with Crippen molar-refractivity contribution in [2.75, 3.05) is 18.0 Å². The Balaban J connectivity index is 1.61. The Bertz CT molecular complexity index is 1860. The Kier molecular flexibility index (Phi) is 6.53. The van der Waals surface area contributed by atoms with Gasteiger partial charge in [-0.1, -0.05) is 24.3 Å². The Morgan fingerprint density at radius 2 is 1.93 bits per heavy atom. The van der Waals surface area contributed by atoms with Crippen LogP contribution in [0.1, 0.15) is 24.8 Å². The molecule has 0 bridgehead atoms. The molecule has 2 unspecified atom stereocenters. The molecule has 0 aliphatic carbocycles. The number of nitrogens with one attached hydrogen (secondary N) is 1. The number of carbonyl (C=O) groups excluding carboxylic acids is 1. The SMILES string of the molecule is [B]C(O)(O)N1C(=O)C2(CCCNCC2)c2c1cnc1c2c(-c2ccc3c(cnn3C)c2)c(Br)n1[S+]([O-])c1ccccc1. The van der Waals surface area contributed by atoms with Gasteiger partial charge in [-0.15, -0.1) is 3.97 Å². The number of amides is 1. The summed E-state index contributed by atoms with van der Waals surface area (Å²) in [6.45, 7) is 1.27. The largest absolute Gasteiger partial charge is 0.587 e. The first-order valence-electron chi connectivity index (χ1n) is 13.6. The van der Waals surface area contributed by atoms with Gasteiger partial charge >= 0.3 is 0 Å². The van der Waals surface area contributed by atoms with Crippen LogP contribution in [0.5, 0.6) is 0 Å². The maximum absolute atomic E-state index is 14.2. The normalized spacial score (nSPS) is 20.0. The van der Waals surface area contributed by atoms with Crippen molar-refractivity contribution < 1.29 is 19.6 Å². The number of aliphatic hydroxyl groups is 2. The van der Waals surface area contributed by atoms with Gasteiger partial charge in [0, 0.05) is 28.9 Å². The van der Waals surface area contributed by atoms with E-state index in [0.29, 0.717) is 57.5 Å². The zero-order chi connectivity index (χ0) is 29.4. The first-order valence-corrected chi connectivity index (χ1v) is 15.5. The lowest BCUT2D eigenvalue weighted by Crippen LogP contribution is -2.54. The number of benzene rings is 2. The Morgan fingerprint density at radius 1 is 1.14 bits per heavy atom. The maximum atomic E-state index is 14.2. The average Bonchev–Trinajstić information content (AvgIpc) is 3.46. The molecule has 2 aliphatic heterocycles. The number of carbonyl (C=O) groups is 1. The van der Waals surface area contributed by atoms with E-state index in [2.05, 4.69) is 26.3 Å². The summed E-state index contributed by atoms with van der Waals surface area (Å²) in [5.41, 5.74) is 2.54. The third-order valence-corrected chi connectivity index (χ3v) is 10.7. The van der Waals surface area contributed by atoms with Gasteiger partial charge in [0.05, 0.1) is 29.0 Å². The lowest BCUT2D eigenvalue weighted by molar-refractivity contribution is -0.137. The molecule has 13 heteroatoms. The Morgan fingerprint density at radius 3 is 2.69 bits per heavy atom. The molecule has 0 saturated carbocycles. The van der Waals surface area contributed by atoms with E-state index >= 15 is 0 Å². The van der Waals surface area contributed by atoms with Crippen LogP contribution in [0.25, 0.3) is 33.1 Å². The fourth-order valence-electron chi connectivity index (χ4n) is 6.50. The van der Waals surface area contributed by atoms with Crippen LogP contribution in [0, 0.1) is 0 Å². The number of fused-ring (bicyclic) bond motifs is 5. The number of hydrogen-bond donors (Lipinski definition) is 3. The standard InChI is InChI=1S/C29H26BBrN6O4S/c1-35-20-9-8-17(14-18(20)15-34-35)22-23-24-21(36(29(30,39)40)27(38)28(24)10-5-12-32-13-11-28)16-33-26(23)37(25(22)31)42(41)19-6-3-2-4-7-19/h2-4,6-9,14-16,32,39-40H,5,10-13H2,1H3. The van der Waals surface area contributed by atoms with Crippen molar-refractivity contribution in [3.8, 4) is 11.1 Å². The van der Waals surface area contributed by atoms with E-state index in [1.165, 1.54) is 6.20 Å². The van der Waals surface area contributed by atoms with Gasteiger partial charge in [-0.2, -0.15) is 5.10 Å². The minimum Gasteiger partial charge on any atom is -0.587 e. The zero-order valence-corrected chi connectivity index (χ0v) is 25.0. The molecule has 2 atom stereocenters. The molecule has 3 N–H and O–H groups in total. The van der Waals surface area contributed by atoms with Crippen molar-refractivity contribution in [2.45, 2.75) is 35.4 Å². The number of nitrogens with zero attached hydrogens (tertiary/aromatic N) is 5. The number of rotatable bonds is 4. The van der Waals surface area contributed by atoms with Crippen LogP contribution >= 0.6 is 15.9 Å². The summed E-state index contributed by atoms with van der Waals surface area (Å²) in [6, 6.07) is 15.0. The van der Waals surface area contributed by atoms with Crippen LogP contribution in [0.3, 0.4) is 0 Å². The molecular weight excluding hydrogens is 619 g/mol. The highest BCUT2D eigenvalue weighted by atomic mass is 79.9. The lowest BCUT2D eigenvalue weighted by Gasteiger charge is -2.32. The summed E-state index contributed by atoms with van der Waals surface area (Å²) < 4.78 is 18.1. The van der Waals surface area contributed by atoms with E-state index < -0.39 is 28.5 Å². The summed E-state index contributed by atoms with van der Waals surface area (Å²) in [5.74, 6) is -3.43. The summed E-state index contributed by atoms with van der Waals surface area (Å²) in [4.78, 5) is 20.4. The fourth-order valence-corrected chi connectivity index (χ4v) is 8.62. The zero-order valence-electron chi connectivity index (χ0n) is 22.6. The second-order valence-electron chi connectivity index (χ2n) is 10.8. The van der Waals surface area contributed by atoms with Crippen LogP contribution in [-0.4, -0.2) is 66.2 Å². The van der Waals surface area contributed by atoms with Crippen molar-refractivity contribution in [3.05, 3.63) is 71.1 Å². The third-order valence-electron chi connectivity index (χ3n) is 8.36. The van der Waals surface area contributed by atoms with Crippen molar-refractivity contribution in [2.24, 2.45) is 7.05 Å². The van der Waals surface area contributed by atoms with Crippen molar-refractivity contribution in [3.63, 3.8) is 0 Å². The third kappa shape index (κ3) is 3.99. The molecule has 2 aromatic carbocycles. The van der Waals surface area contributed by atoms with Crippen LogP contribution in [0.2, 0.25) is 0 Å². The molecule has 3 aromatic heterocycles. The molecule has 2 aliphatic rings. The number of halogens is 1. The van der Waals surface area contributed by atoms with E-state index in [4.69, 9.17) is 12.8 Å². The molecule has 1 spiro atoms. The highest BCUT2D eigenvalue weighted by Crippen LogP contribution is 2.55. The van der Waals surface area contributed by atoms with Crippen molar-refractivity contribution in [1.29, 1.82) is 0 Å². The molecule has 7 rings (SSSR count). The van der Waals surface area contributed by atoms with E-state index in [0.717, 1.165) is 27.9 Å². The summed E-state index contributed by atoms with van der Waals surface area (Å²) >= 11 is 2.08. The molecule has 5 heterocycles. The molecule has 212 valence electrons. The van der Waals surface area contributed by atoms with Gasteiger partial charge in [0.2, 0.25) is 5.91 Å². The van der Waals surface area contributed by atoms with Crippen molar-refractivity contribution >= 4 is 68.7 Å². The van der Waals surface area contributed by atoms with E-state index in [1.54, 1.807) is 27.0 Å². The van der Waals surface area contributed by atoms with Crippen LogP contribution < -0.4 is 10.2 Å². The summed E-state index contributed by atoms with van der Waals surface area (Å²) in [7, 11) is 7.66. The van der Waals surface area contributed by atoms with E-state index in [9.17, 15) is 19.6 Å². The summed E-state index contributed by atoms with van der Waals surface area (Å²) in [5, 5.41) is 30.5. The number of aromatic nitrogens is 4. The predicted octanol–water partition coefficient (Wildman–Crippen LogP) is 3.05. The van der Waals surface area contributed by atoms with Gasteiger partial charge in [-0.05, 0) is 78.1 Å². The van der Waals surface area contributed by atoms with Crippen LogP contribution in [0.4, 0.5) is 5.69 Å². The number of hydrogen-bond acceptors (Lipinski definition) is 7. The number of anilines is 1. The Hall–Kier alpha value is -3.20. The average molecular weight is 645 g/mol. The topological polar surface area (TPSA) is 132 Å².